The summed E-state index contributed by atoms with van der Waals surface area (Å²) in [5.74, 6) is 0. The van der Waals surface area contributed by atoms with Gasteiger partial charge in [0.05, 0.1) is 0 Å². The molecule has 0 aromatic heterocycles. The minimum Gasteiger partial charge on any atom is -0.311 e. The molecule has 0 saturated heterocycles. The van der Waals surface area contributed by atoms with Gasteiger partial charge in [0, 0.05) is 39.5 Å². The number of fused-ring (bicyclic) bond motifs is 7. The Kier molecular flexibility index (Phi) is 8.95. The number of hydrogen-bond donors (Lipinski definition) is 0. The van der Waals surface area contributed by atoms with Crippen molar-refractivity contribution in [3.8, 4) is 11.1 Å². The number of anilines is 6. The summed E-state index contributed by atoms with van der Waals surface area (Å²) in [5, 5.41) is 11.2. The summed E-state index contributed by atoms with van der Waals surface area (Å²) in [6.45, 7) is 4.85. The molecule has 2 aliphatic heterocycles. The van der Waals surface area contributed by atoms with E-state index >= 15 is 0 Å². The molecule has 0 amide bonds. The van der Waals surface area contributed by atoms with Crippen LogP contribution in [0.25, 0.3) is 11.1 Å². The van der Waals surface area contributed by atoms with Crippen molar-refractivity contribution in [3.63, 3.8) is 0 Å². The van der Waals surface area contributed by atoms with Gasteiger partial charge >= 0.3 is 0 Å². The molecule has 4 heteroatoms. The molecule has 13 rings (SSSR count). The van der Waals surface area contributed by atoms with E-state index in [1.807, 2.05) is 0 Å². The minimum atomic E-state index is -2.72. The molecule has 318 valence electrons. The second-order valence-electron chi connectivity index (χ2n) is 18.8. The van der Waals surface area contributed by atoms with Crippen LogP contribution in [0.1, 0.15) is 25.0 Å². The van der Waals surface area contributed by atoms with E-state index in [4.69, 9.17) is 0 Å². The first-order chi connectivity index (χ1) is 33.0. The zero-order valence-electron chi connectivity index (χ0n) is 37.6. The van der Waals surface area contributed by atoms with Gasteiger partial charge in [0.25, 0.3) is 0 Å². The average Bonchev–Trinajstić information content (AvgIpc) is 3.62. The Bertz CT molecular complexity index is 3100. The molecule has 0 atom stereocenters. The van der Waals surface area contributed by atoms with Gasteiger partial charge in [-0.05, 0) is 112 Å². The van der Waals surface area contributed by atoms with Gasteiger partial charge < -0.3 is 9.80 Å². The lowest BCUT2D eigenvalue weighted by Crippen LogP contribution is -2.77. The van der Waals surface area contributed by atoms with Crippen LogP contribution in [0, 0.1) is 0 Å². The average molecular weight is 889 g/mol. The van der Waals surface area contributed by atoms with Crippen LogP contribution in [0.2, 0.25) is 0 Å². The monoisotopic (exact) mass is 888 g/mol. The van der Waals surface area contributed by atoms with Gasteiger partial charge in [-0.3, -0.25) is 0 Å². The van der Waals surface area contributed by atoms with Crippen LogP contribution in [0.4, 0.5) is 34.1 Å². The zero-order valence-corrected chi connectivity index (χ0v) is 39.6. The van der Waals surface area contributed by atoms with E-state index in [9.17, 15) is 0 Å². The molecule has 2 heterocycles. The summed E-state index contributed by atoms with van der Waals surface area (Å²) >= 11 is 0. The van der Waals surface area contributed by atoms with E-state index in [0.29, 0.717) is 0 Å². The van der Waals surface area contributed by atoms with Crippen molar-refractivity contribution in [2.75, 3.05) is 9.80 Å². The lowest BCUT2D eigenvalue weighted by Gasteiger charge is -2.45. The standard InChI is InChI=1S/C63H48N2Si2/c1-63(2)53-43-45(64-55-31-15-19-35-59(55)66(47-23-7-3-8-24-47,48-25-9-4-10-26-48)60-36-20-16-32-56(60)64)39-41-51(53)52-42-40-46(44-54(52)63)65-57-33-17-21-37-61(57)67(49-27-11-5-12-28-49,50-29-13-6-14-30-50)62-38-22-18-34-58(62)65/h3-44H,1-2H3. The smallest absolute Gasteiger partial charge is 0.184 e. The van der Waals surface area contributed by atoms with E-state index in [0.717, 1.165) is 0 Å². The third-order valence-corrected chi connectivity index (χ3v) is 24.9. The van der Waals surface area contributed by atoms with Gasteiger partial charge in [-0.25, -0.2) is 0 Å². The molecule has 0 radical (unpaired) electrons. The summed E-state index contributed by atoms with van der Waals surface area (Å²) in [4.78, 5) is 5.09. The van der Waals surface area contributed by atoms with Gasteiger partial charge in [0.2, 0.25) is 0 Å². The molecule has 3 aliphatic rings. The van der Waals surface area contributed by atoms with Gasteiger partial charge in [-0.1, -0.05) is 220 Å². The summed E-state index contributed by atoms with van der Waals surface area (Å²) < 4.78 is 0. The van der Waals surface area contributed by atoms with E-state index in [2.05, 4.69) is 278 Å². The predicted molar refractivity (Wildman–Crippen MR) is 288 cm³/mol. The number of nitrogens with zero attached hydrogens (tertiary/aromatic N) is 2. The number of hydrogen-bond acceptors (Lipinski definition) is 2. The molecular formula is C63H48N2Si2. The maximum absolute atomic E-state index is 2.72. The summed E-state index contributed by atoms with van der Waals surface area (Å²) in [6, 6.07) is 96.5. The SMILES string of the molecule is CC1(C)c2cc(N3c4ccccc4[Si](c4ccccc4)(c4ccccc4)c4ccccc43)ccc2-c2ccc(N3c4ccccc4[Si](c4ccccc4)(c4ccccc4)c4ccccc43)cc21. The Balaban J connectivity index is 0.957. The third kappa shape index (κ3) is 5.55. The fourth-order valence-corrected chi connectivity index (χ4v) is 22.6. The molecule has 0 N–H and O–H groups in total. The number of rotatable bonds is 6. The second kappa shape index (κ2) is 15.1. The van der Waals surface area contributed by atoms with E-state index < -0.39 is 16.1 Å². The van der Waals surface area contributed by atoms with Crippen molar-refractivity contribution in [2.45, 2.75) is 19.3 Å². The Labute approximate surface area is 395 Å². The van der Waals surface area contributed by atoms with Crippen LogP contribution in [-0.4, -0.2) is 16.1 Å². The van der Waals surface area contributed by atoms with Gasteiger partial charge in [-0.2, -0.15) is 0 Å². The fraction of sp³-hybridized carbons (Fsp3) is 0.0476. The first-order valence-electron chi connectivity index (χ1n) is 23.5. The van der Waals surface area contributed by atoms with Crippen LogP contribution in [0.3, 0.4) is 0 Å². The van der Waals surface area contributed by atoms with Crippen molar-refractivity contribution < 1.29 is 0 Å². The molecule has 0 spiro atoms. The largest absolute Gasteiger partial charge is 0.311 e. The fourth-order valence-electron chi connectivity index (χ4n) is 12.4. The van der Waals surface area contributed by atoms with E-state index in [-0.39, 0.29) is 5.41 Å². The summed E-state index contributed by atoms with van der Waals surface area (Å²) in [6.07, 6.45) is 0. The molecule has 67 heavy (non-hydrogen) atoms. The van der Waals surface area contributed by atoms with Crippen LogP contribution in [-0.2, 0) is 5.41 Å². The van der Waals surface area contributed by atoms with Crippen LogP contribution >= 0.6 is 0 Å². The highest BCUT2D eigenvalue weighted by atomic mass is 28.3. The minimum absolute atomic E-state index is 0.264. The first kappa shape index (κ1) is 39.6. The van der Waals surface area contributed by atoms with Crippen molar-refractivity contribution >= 4 is 91.8 Å². The Morgan fingerprint density at radius 3 is 0.821 bits per heavy atom. The molecule has 0 bridgehead atoms. The molecule has 10 aromatic rings. The number of para-hydroxylation sites is 4. The van der Waals surface area contributed by atoms with Crippen LogP contribution in [0.15, 0.2) is 255 Å². The Hall–Kier alpha value is -7.77. The van der Waals surface area contributed by atoms with E-state index in [1.54, 1.807) is 0 Å². The quantitative estimate of drug-likeness (QED) is 0.154. The highest BCUT2D eigenvalue weighted by Gasteiger charge is 2.51. The topological polar surface area (TPSA) is 6.48 Å². The molecule has 10 aromatic carbocycles. The normalized spacial score (nSPS) is 15.3. The maximum atomic E-state index is 2.55. The van der Waals surface area contributed by atoms with Crippen LogP contribution < -0.4 is 51.3 Å². The maximum Gasteiger partial charge on any atom is 0.184 e. The molecule has 0 fully saturated rings. The van der Waals surface area contributed by atoms with E-state index in [1.165, 1.54) is 97.9 Å². The van der Waals surface area contributed by atoms with Gasteiger partial charge in [-0.15, -0.1) is 0 Å². The number of benzene rings is 10. The van der Waals surface area contributed by atoms with Gasteiger partial charge in [0.15, 0.2) is 16.1 Å². The third-order valence-electron chi connectivity index (χ3n) is 15.2. The molecular weight excluding hydrogens is 841 g/mol. The zero-order chi connectivity index (χ0) is 44.7. The first-order valence-corrected chi connectivity index (χ1v) is 27.5. The molecule has 2 nitrogen and oxygen atoms in total. The molecule has 0 unspecified atom stereocenters. The van der Waals surface area contributed by atoms with Crippen molar-refractivity contribution in [1.29, 1.82) is 0 Å². The molecule has 1 aliphatic carbocycles. The molecule has 0 saturated carbocycles. The summed E-state index contributed by atoms with van der Waals surface area (Å²) in [7, 11) is -5.43. The summed E-state index contributed by atoms with van der Waals surface area (Å²) in [5.41, 5.74) is 12.4. The van der Waals surface area contributed by atoms with Crippen molar-refractivity contribution in [3.05, 3.63) is 266 Å². The highest BCUT2D eigenvalue weighted by Crippen LogP contribution is 2.53. The lowest BCUT2D eigenvalue weighted by atomic mass is 9.82. The van der Waals surface area contributed by atoms with Crippen molar-refractivity contribution in [2.24, 2.45) is 0 Å². The van der Waals surface area contributed by atoms with Gasteiger partial charge in [0.1, 0.15) is 0 Å². The lowest BCUT2D eigenvalue weighted by molar-refractivity contribution is 0.660. The van der Waals surface area contributed by atoms with Crippen molar-refractivity contribution in [1.82, 2.24) is 0 Å². The second-order valence-corrected chi connectivity index (χ2v) is 26.3. The highest BCUT2D eigenvalue weighted by molar-refractivity contribution is 7.22. The van der Waals surface area contributed by atoms with Crippen LogP contribution in [0.5, 0.6) is 0 Å². The Morgan fingerprint density at radius 1 is 0.284 bits per heavy atom. The Morgan fingerprint density at radius 2 is 0.537 bits per heavy atom. The predicted octanol–water partition coefficient (Wildman–Crippen LogP) is 10.3.